The van der Waals surface area contributed by atoms with E-state index < -0.39 is 5.97 Å². The number of carboxylic acids is 1. The Morgan fingerprint density at radius 3 is 2.80 bits per heavy atom. The van der Waals surface area contributed by atoms with E-state index in [0.717, 1.165) is 36.7 Å². The Kier molecular flexibility index (Phi) is 3.30. The molecule has 0 unspecified atom stereocenters. The maximum Gasteiger partial charge on any atom is 0.339 e. The number of hydrogen-bond donors (Lipinski definition) is 1. The summed E-state index contributed by atoms with van der Waals surface area (Å²) in [5.41, 5.74) is 1.17. The molecule has 1 aliphatic rings. The van der Waals surface area contributed by atoms with Gasteiger partial charge in [0.15, 0.2) is 0 Å². The summed E-state index contributed by atoms with van der Waals surface area (Å²) in [7, 11) is 0. The Morgan fingerprint density at radius 2 is 2.15 bits per heavy atom. The molecule has 20 heavy (non-hydrogen) atoms. The molecule has 1 N–H and O–H groups in total. The number of carboxylic acid groups (broad SMARTS) is 1. The first-order chi connectivity index (χ1) is 9.70. The molecule has 1 heterocycles. The van der Waals surface area contributed by atoms with Crippen LogP contribution in [0.1, 0.15) is 36.5 Å². The molecule has 4 nitrogen and oxygen atoms in total. The Labute approximate surface area is 118 Å². The number of aromatic nitrogens is 1. The molecular formula is C16H18N2O2. The predicted octanol–water partition coefficient (Wildman–Crippen LogP) is 3.31. The van der Waals surface area contributed by atoms with Crippen molar-refractivity contribution in [2.45, 2.75) is 32.2 Å². The summed E-state index contributed by atoms with van der Waals surface area (Å²) < 4.78 is 0. The maximum atomic E-state index is 11.6. The zero-order valence-electron chi connectivity index (χ0n) is 11.5. The smallest absolute Gasteiger partial charge is 0.339 e. The van der Waals surface area contributed by atoms with E-state index in [2.05, 4.69) is 16.8 Å². The highest BCUT2D eigenvalue weighted by Gasteiger charge is 2.32. The topological polar surface area (TPSA) is 53.4 Å². The second kappa shape index (κ2) is 5.12. The molecule has 1 saturated carbocycles. The summed E-state index contributed by atoms with van der Waals surface area (Å²) in [5.74, 6) is -0.277. The second-order valence-electron chi connectivity index (χ2n) is 5.28. The first kappa shape index (κ1) is 12.9. The van der Waals surface area contributed by atoms with E-state index in [1.807, 2.05) is 24.3 Å². The summed E-state index contributed by atoms with van der Waals surface area (Å²) >= 11 is 0. The van der Waals surface area contributed by atoms with Gasteiger partial charge in [-0.3, -0.25) is 0 Å². The second-order valence-corrected chi connectivity index (χ2v) is 5.28. The number of anilines is 1. The molecule has 2 aromatic rings. The van der Waals surface area contributed by atoms with Gasteiger partial charge >= 0.3 is 5.97 Å². The largest absolute Gasteiger partial charge is 0.478 e. The Bertz CT molecular complexity index is 650. The molecule has 4 heteroatoms. The SMILES string of the molecule is CCCN(c1nc2ccccc2cc1C(=O)O)C1CC1. The first-order valence-electron chi connectivity index (χ1n) is 7.10. The van der Waals surface area contributed by atoms with Crippen LogP contribution >= 0.6 is 0 Å². The van der Waals surface area contributed by atoms with E-state index in [-0.39, 0.29) is 0 Å². The fraction of sp³-hybridized carbons (Fsp3) is 0.375. The van der Waals surface area contributed by atoms with Crippen LogP contribution in [-0.2, 0) is 0 Å². The van der Waals surface area contributed by atoms with Gasteiger partial charge in [-0.25, -0.2) is 9.78 Å². The summed E-state index contributed by atoms with van der Waals surface area (Å²) in [6, 6.07) is 9.87. The van der Waals surface area contributed by atoms with Gasteiger partial charge in [-0.15, -0.1) is 0 Å². The van der Waals surface area contributed by atoms with Gasteiger partial charge < -0.3 is 10.0 Å². The Balaban J connectivity index is 2.15. The van der Waals surface area contributed by atoms with Crippen LogP contribution in [0.2, 0.25) is 0 Å². The standard InChI is InChI=1S/C16H18N2O2/c1-2-9-18(12-7-8-12)15-13(16(19)20)10-11-5-3-4-6-14(11)17-15/h3-6,10,12H,2,7-9H2,1H3,(H,19,20). The van der Waals surface area contributed by atoms with Gasteiger partial charge in [-0.2, -0.15) is 0 Å². The zero-order valence-corrected chi connectivity index (χ0v) is 11.5. The highest BCUT2D eigenvalue weighted by molar-refractivity contribution is 5.98. The van der Waals surface area contributed by atoms with Gasteiger partial charge in [0.2, 0.25) is 0 Å². The molecule has 0 atom stereocenters. The van der Waals surface area contributed by atoms with Crippen molar-refractivity contribution < 1.29 is 9.90 Å². The van der Waals surface area contributed by atoms with Crippen molar-refractivity contribution in [2.75, 3.05) is 11.4 Å². The van der Waals surface area contributed by atoms with Crippen molar-refractivity contribution in [3.8, 4) is 0 Å². The molecule has 104 valence electrons. The summed E-state index contributed by atoms with van der Waals surface area (Å²) in [4.78, 5) is 18.3. The molecule has 1 aliphatic carbocycles. The average molecular weight is 270 g/mol. The number of rotatable bonds is 5. The lowest BCUT2D eigenvalue weighted by Gasteiger charge is -2.24. The molecule has 0 radical (unpaired) electrons. The zero-order chi connectivity index (χ0) is 14.1. The van der Waals surface area contributed by atoms with Crippen LogP contribution in [0.4, 0.5) is 5.82 Å². The van der Waals surface area contributed by atoms with Gasteiger partial charge in [-0.05, 0) is 31.4 Å². The van der Waals surface area contributed by atoms with Gasteiger partial charge in [0.1, 0.15) is 11.4 Å². The lowest BCUT2D eigenvalue weighted by Crippen LogP contribution is -2.29. The molecule has 1 aromatic carbocycles. The van der Waals surface area contributed by atoms with Crippen molar-refractivity contribution in [1.29, 1.82) is 0 Å². The van der Waals surface area contributed by atoms with E-state index in [9.17, 15) is 9.90 Å². The fourth-order valence-corrected chi connectivity index (χ4v) is 2.57. The molecule has 1 fully saturated rings. The first-order valence-corrected chi connectivity index (χ1v) is 7.10. The fourth-order valence-electron chi connectivity index (χ4n) is 2.57. The van der Waals surface area contributed by atoms with Gasteiger partial charge in [0.05, 0.1) is 5.52 Å². The normalized spacial score (nSPS) is 14.4. The minimum atomic E-state index is -0.903. The third kappa shape index (κ3) is 2.33. The van der Waals surface area contributed by atoms with Crippen molar-refractivity contribution in [3.05, 3.63) is 35.9 Å². The summed E-state index contributed by atoms with van der Waals surface area (Å²) in [5, 5.41) is 10.4. The van der Waals surface area contributed by atoms with Crippen LogP contribution in [0, 0.1) is 0 Å². The third-order valence-corrected chi connectivity index (χ3v) is 3.66. The molecular weight excluding hydrogens is 252 g/mol. The number of benzene rings is 1. The van der Waals surface area contributed by atoms with Crippen LogP contribution in [-0.4, -0.2) is 28.6 Å². The number of para-hydroxylation sites is 1. The monoisotopic (exact) mass is 270 g/mol. The van der Waals surface area contributed by atoms with Crippen LogP contribution < -0.4 is 4.90 Å². The molecule has 0 bridgehead atoms. The van der Waals surface area contributed by atoms with Crippen molar-refractivity contribution in [3.63, 3.8) is 0 Å². The number of carbonyl (C=O) groups is 1. The van der Waals surface area contributed by atoms with Crippen LogP contribution in [0.25, 0.3) is 10.9 Å². The number of aromatic carboxylic acids is 1. The van der Waals surface area contributed by atoms with E-state index in [4.69, 9.17) is 0 Å². The molecule has 0 aliphatic heterocycles. The van der Waals surface area contributed by atoms with E-state index in [0.29, 0.717) is 17.4 Å². The molecule has 1 aromatic heterocycles. The van der Waals surface area contributed by atoms with E-state index in [1.54, 1.807) is 6.07 Å². The quantitative estimate of drug-likeness (QED) is 0.905. The summed E-state index contributed by atoms with van der Waals surface area (Å²) in [6.07, 6.45) is 3.26. The number of fused-ring (bicyclic) bond motifs is 1. The summed E-state index contributed by atoms with van der Waals surface area (Å²) in [6.45, 7) is 2.97. The molecule has 0 amide bonds. The number of nitrogens with zero attached hydrogens (tertiary/aromatic N) is 2. The lowest BCUT2D eigenvalue weighted by molar-refractivity contribution is 0.0697. The van der Waals surface area contributed by atoms with Gasteiger partial charge in [0, 0.05) is 18.0 Å². The molecule has 0 spiro atoms. The molecule has 3 rings (SSSR count). The Morgan fingerprint density at radius 1 is 1.40 bits per heavy atom. The molecule has 0 saturated heterocycles. The lowest BCUT2D eigenvalue weighted by atomic mass is 10.1. The van der Waals surface area contributed by atoms with Crippen molar-refractivity contribution in [1.82, 2.24) is 4.98 Å². The Hall–Kier alpha value is -2.10. The highest BCUT2D eigenvalue weighted by Crippen LogP contribution is 2.34. The maximum absolute atomic E-state index is 11.6. The van der Waals surface area contributed by atoms with Crippen molar-refractivity contribution in [2.24, 2.45) is 0 Å². The van der Waals surface area contributed by atoms with Crippen LogP contribution in [0.3, 0.4) is 0 Å². The third-order valence-electron chi connectivity index (χ3n) is 3.66. The number of hydrogen-bond acceptors (Lipinski definition) is 3. The van der Waals surface area contributed by atoms with Crippen molar-refractivity contribution >= 4 is 22.7 Å². The van der Waals surface area contributed by atoms with Gasteiger partial charge in [-0.1, -0.05) is 25.1 Å². The highest BCUT2D eigenvalue weighted by atomic mass is 16.4. The van der Waals surface area contributed by atoms with E-state index in [1.165, 1.54) is 0 Å². The van der Waals surface area contributed by atoms with Crippen LogP contribution in [0.5, 0.6) is 0 Å². The minimum Gasteiger partial charge on any atom is -0.478 e. The predicted molar refractivity (Wildman–Crippen MR) is 79.4 cm³/mol. The minimum absolute atomic E-state index is 0.309. The van der Waals surface area contributed by atoms with Gasteiger partial charge in [0.25, 0.3) is 0 Å². The average Bonchev–Trinajstić information content (AvgIpc) is 3.28. The van der Waals surface area contributed by atoms with Crippen LogP contribution in [0.15, 0.2) is 30.3 Å². The van der Waals surface area contributed by atoms with E-state index >= 15 is 0 Å². The number of pyridine rings is 1.